The van der Waals surface area contributed by atoms with Gasteiger partial charge in [-0.3, -0.25) is 0 Å². The number of rotatable bonds is 8. The van der Waals surface area contributed by atoms with Gasteiger partial charge in [0.2, 0.25) is 0 Å². The molecule has 0 N–H and O–H groups in total. The zero-order valence-electron chi connectivity index (χ0n) is 33.1. The highest BCUT2D eigenvalue weighted by atomic mass is 16.3. The molecule has 4 nitrogen and oxygen atoms in total. The van der Waals surface area contributed by atoms with Crippen LogP contribution in [0.5, 0.6) is 0 Å². The Kier molecular flexibility index (Phi) is 9.14. The van der Waals surface area contributed by atoms with E-state index in [4.69, 9.17) is 19.4 Å². The number of nitrogens with zero attached hydrogens (tertiary/aromatic N) is 3. The van der Waals surface area contributed by atoms with E-state index >= 15 is 0 Å². The lowest BCUT2D eigenvalue weighted by Crippen LogP contribution is -2.00. The van der Waals surface area contributed by atoms with Crippen LogP contribution in [0.2, 0.25) is 0 Å². The Morgan fingerprint density at radius 2 is 0.672 bits per heavy atom. The fraction of sp³-hybridized carbons (Fsp3) is 0. The summed E-state index contributed by atoms with van der Waals surface area (Å²) in [5.74, 6) is 1.81. The van der Waals surface area contributed by atoms with E-state index < -0.39 is 0 Å². The Hall–Kier alpha value is -8.21. The van der Waals surface area contributed by atoms with E-state index in [-0.39, 0.29) is 0 Å². The highest BCUT2D eigenvalue weighted by molar-refractivity contribution is 6.13. The fourth-order valence-electron chi connectivity index (χ4n) is 8.28. The summed E-state index contributed by atoms with van der Waals surface area (Å²) in [6.07, 6.45) is 0. The van der Waals surface area contributed by atoms with E-state index in [1.807, 2.05) is 48.5 Å². The van der Waals surface area contributed by atoms with E-state index in [1.54, 1.807) is 0 Å². The molecule has 0 bridgehead atoms. The van der Waals surface area contributed by atoms with Crippen molar-refractivity contribution in [3.63, 3.8) is 0 Å². The summed E-state index contributed by atoms with van der Waals surface area (Å²) in [6.45, 7) is 0. The van der Waals surface area contributed by atoms with Crippen molar-refractivity contribution in [3.05, 3.63) is 224 Å². The second-order valence-corrected chi connectivity index (χ2v) is 15.2. The first-order valence-electron chi connectivity index (χ1n) is 20.5. The van der Waals surface area contributed by atoms with Gasteiger partial charge >= 0.3 is 0 Å². The zero-order valence-corrected chi connectivity index (χ0v) is 33.1. The Morgan fingerprint density at radius 1 is 0.246 bits per heavy atom. The van der Waals surface area contributed by atoms with Crippen molar-refractivity contribution in [2.75, 3.05) is 0 Å². The average Bonchev–Trinajstić information content (AvgIpc) is 3.73. The second-order valence-electron chi connectivity index (χ2n) is 15.2. The summed E-state index contributed by atoms with van der Waals surface area (Å²) in [5, 5.41) is 1.97. The first kappa shape index (κ1) is 35.9. The predicted molar refractivity (Wildman–Crippen MR) is 251 cm³/mol. The molecule has 0 aliphatic heterocycles. The number of hydrogen-bond donors (Lipinski definition) is 0. The van der Waals surface area contributed by atoms with Gasteiger partial charge in [-0.2, -0.15) is 0 Å². The molecule has 11 aromatic rings. The van der Waals surface area contributed by atoms with Gasteiger partial charge in [0.15, 0.2) is 17.5 Å². The molecule has 0 atom stereocenters. The third-order valence-electron chi connectivity index (χ3n) is 11.4. The summed E-state index contributed by atoms with van der Waals surface area (Å²) < 4.78 is 6.53. The van der Waals surface area contributed by atoms with Crippen LogP contribution in [-0.4, -0.2) is 15.0 Å². The summed E-state index contributed by atoms with van der Waals surface area (Å²) in [5.41, 5.74) is 15.9. The zero-order chi connectivity index (χ0) is 40.5. The Morgan fingerprint density at radius 3 is 1.28 bits per heavy atom. The largest absolute Gasteiger partial charge is 0.456 e. The molecule has 0 radical (unpaired) electrons. The Balaban J connectivity index is 1.03. The predicted octanol–water partition coefficient (Wildman–Crippen LogP) is 15.1. The maximum absolute atomic E-state index is 6.53. The molecule has 2 heterocycles. The summed E-state index contributed by atoms with van der Waals surface area (Å²) in [7, 11) is 0. The van der Waals surface area contributed by atoms with Crippen LogP contribution in [-0.2, 0) is 0 Å². The number of fused-ring (bicyclic) bond motifs is 3. The van der Waals surface area contributed by atoms with E-state index in [1.165, 1.54) is 27.8 Å². The van der Waals surface area contributed by atoms with Gasteiger partial charge in [0, 0.05) is 27.5 Å². The molecular weight excluding hydrogens is 743 g/mol. The SMILES string of the molecule is c1ccc(-c2ccc(-c3nc(-c4ccccc4)nc(-c4cccc5oc6ccc(-c7ccc(-c8ccc(-c9ccccc9)cc8)c(-c8ccccc8)c7)cc6c45)n3)cc2)cc1. The van der Waals surface area contributed by atoms with Crippen LogP contribution in [0.4, 0.5) is 0 Å². The molecule has 0 aliphatic carbocycles. The Labute approximate surface area is 354 Å². The van der Waals surface area contributed by atoms with E-state index in [0.717, 1.165) is 66.4 Å². The molecule has 0 saturated carbocycles. The molecule has 9 aromatic carbocycles. The van der Waals surface area contributed by atoms with Crippen LogP contribution >= 0.6 is 0 Å². The van der Waals surface area contributed by atoms with E-state index in [9.17, 15) is 0 Å². The lowest BCUT2D eigenvalue weighted by molar-refractivity contribution is 0.669. The van der Waals surface area contributed by atoms with E-state index in [0.29, 0.717) is 17.5 Å². The smallest absolute Gasteiger partial charge is 0.164 e. The van der Waals surface area contributed by atoms with Gasteiger partial charge in [0.25, 0.3) is 0 Å². The molecule has 0 fully saturated rings. The monoisotopic (exact) mass is 779 g/mol. The van der Waals surface area contributed by atoms with Gasteiger partial charge in [-0.05, 0) is 79.9 Å². The minimum Gasteiger partial charge on any atom is -0.456 e. The van der Waals surface area contributed by atoms with Crippen LogP contribution in [0.25, 0.3) is 112 Å². The van der Waals surface area contributed by atoms with Gasteiger partial charge in [0.1, 0.15) is 11.2 Å². The highest BCUT2D eigenvalue weighted by Gasteiger charge is 2.19. The van der Waals surface area contributed by atoms with Gasteiger partial charge < -0.3 is 4.42 Å². The standard InChI is InChI=1S/C57H37N3O/c1-5-14-38(15-6-1)40-24-28-43(29-25-40)48-34-32-46(36-50(48)42-18-9-3-10-19-42)47-33-35-52-51(37-47)54-49(22-13-23-53(54)61-52)57-59-55(44-20-11-4-12-21-44)58-56(60-57)45-30-26-41(27-31-45)39-16-7-2-8-17-39/h1-37H. The van der Waals surface area contributed by atoms with Crippen LogP contribution in [0.3, 0.4) is 0 Å². The van der Waals surface area contributed by atoms with Crippen LogP contribution < -0.4 is 0 Å². The van der Waals surface area contributed by atoms with Crippen molar-refractivity contribution < 1.29 is 4.42 Å². The molecular formula is C57H37N3O. The van der Waals surface area contributed by atoms with Crippen molar-refractivity contribution in [2.24, 2.45) is 0 Å². The molecule has 4 heteroatoms. The number of aromatic nitrogens is 3. The number of hydrogen-bond acceptors (Lipinski definition) is 4. The molecule has 2 aromatic heterocycles. The first-order valence-corrected chi connectivity index (χ1v) is 20.5. The van der Waals surface area contributed by atoms with Gasteiger partial charge in [0.05, 0.1) is 0 Å². The highest BCUT2D eigenvalue weighted by Crippen LogP contribution is 2.41. The molecule has 286 valence electrons. The van der Waals surface area contributed by atoms with Crippen LogP contribution in [0.1, 0.15) is 0 Å². The summed E-state index contributed by atoms with van der Waals surface area (Å²) in [4.78, 5) is 15.3. The quantitative estimate of drug-likeness (QED) is 0.154. The molecule has 61 heavy (non-hydrogen) atoms. The minimum absolute atomic E-state index is 0.587. The normalized spacial score (nSPS) is 11.3. The molecule has 0 spiro atoms. The lowest BCUT2D eigenvalue weighted by Gasteiger charge is -2.14. The van der Waals surface area contributed by atoms with Crippen LogP contribution in [0, 0.1) is 0 Å². The fourth-order valence-corrected chi connectivity index (χ4v) is 8.28. The van der Waals surface area contributed by atoms with Crippen molar-refractivity contribution in [1.82, 2.24) is 15.0 Å². The van der Waals surface area contributed by atoms with Crippen molar-refractivity contribution in [1.29, 1.82) is 0 Å². The average molecular weight is 780 g/mol. The molecule has 0 saturated heterocycles. The number of benzene rings is 9. The van der Waals surface area contributed by atoms with Crippen molar-refractivity contribution in [2.45, 2.75) is 0 Å². The van der Waals surface area contributed by atoms with Crippen molar-refractivity contribution >= 4 is 21.9 Å². The maximum Gasteiger partial charge on any atom is 0.164 e. The molecule has 0 aliphatic rings. The van der Waals surface area contributed by atoms with Crippen molar-refractivity contribution in [3.8, 4) is 89.8 Å². The topological polar surface area (TPSA) is 51.8 Å². The molecule has 0 amide bonds. The minimum atomic E-state index is 0.587. The van der Waals surface area contributed by atoms with Gasteiger partial charge in [-0.25, -0.2) is 15.0 Å². The third kappa shape index (κ3) is 6.96. The molecule has 11 rings (SSSR count). The summed E-state index contributed by atoms with van der Waals surface area (Å²) >= 11 is 0. The first-order chi connectivity index (χ1) is 30.2. The van der Waals surface area contributed by atoms with Gasteiger partial charge in [-0.15, -0.1) is 0 Å². The second kappa shape index (κ2) is 15.5. The Bertz CT molecular complexity index is 3310. The third-order valence-corrected chi connectivity index (χ3v) is 11.4. The lowest BCUT2D eigenvalue weighted by atomic mass is 9.90. The van der Waals surface area contributed by atoms with Crippen LogP contribution in [0.15, 0.2) is 229 Å². The number of furan rings is 1. The maximum atomic E-state index is 6.53. The summed E-state index contributed by atoms with van der Waals surface area (Å²) in [6, 6.07) is 78.3. The van der Waals surface area contributed by atoms with Gasteiger partial charge in [-0.1, -0.05) is 200 Å². The van der Waals surface area contributed by atoms with E-state index in [2.05, 4.69) is 176 Å². The molecule has 0 unspecified atom stereocenters.